The third-order valence-corrected chi connectivity index (χ3v) is 4.76. The van der Waals surface area contributed by atoms with Crippen molar-refractivity contribution in [1.29, 1.82) is 0 Å². The summed E-state index contributed by atoms with van der Waals surface area (Å²) in [5.74, 6) is -1.89. The molecule has 4 aromatic rings. The van der Waals surface area contributed by atoms with E-state index in [4.69, 9.17) is 5.73 Å². The molecule has 0 aliphatic rings. The molecule has 4 rings (SSSR count). The molecule has 0 atom stereocenters. The van der Waals surface area contributed by atoms with Crippen molar-refractivity contribution < 1.29 is 14.7 Å². The summed E-state index contributed by atoms with van der Waals surface area (Å²) < 4.78 is 1.31. The van der Waals surface area contributed by atoms with Gasteiger partial charge in [-0.3, -0.25) is 4.79 Å². The first kappa shape index (κ1) is 19.8. The van der Waals surface area contributed by atoms with Gasteiger partial charge in [0.2, 0.25) is 0 Å². The highest BCUT2D eigenvalue weighted by molar-refractivity contribution is 6.02. The topological polar surface area (TPSA) is 147 Å². The number of carboxylic acid groups (broad SMARTS) is 1. The van der Waals surface area contributed by atoms with Gasteiger partial charge in [-0.15, -0.1) is 0 Å². The first-order valence-corrected chi connectivity index (χ1v) is 9.20. The third-order valence-electron chi connectivity index (χ3n) is 4.76. The smallest absolute Gasteiger partial charge is 0.335 e. The van der Waals surface area contributed by atoms with E-state index in [1.54, 1.807) is 24.3 Å². The molecule has 2 heterocycles. The summed E-state index contributed by atoms with van der Waals surface area (Å²) in [6.07, 6.45) is 0. The molecule has 10 nitrogen and oxygen atoms in total. The number of hydrogen-bond donors (Lipinski definition) is 3. The van der Waals surface area contributed by atoms with E-state index in [1.165, 1.54) is 16.7 Å². The highest BCUT2D eigenvalue weighted by atomic mass is 16.4. The predicted octanol–water partition coefficient (Wildman–Crippen LogP) is 1.64. The summed E-state index contributed by atoms with van der Waals surface area (Å²) in [5, 5.41) is 9.26. The molecule has 10 heteroatoms. The number of nitrogens with two attached hydrogens (primary N) is 1. The van der Waals surface area contributed by atoms with Crippen molar-refractivity contribution in [3.8, 4) is 17.1 Å². The number of hydrogen-bond acceptors (Lipinski definition) is 6. The van der Waals surface area contributed by atoms with Crippen LogP contribution in [0.2, 0.25) is 0 Å². The van der Waals surface area contributed by atoms with Crippen LogP contribution >= 0.6 is 0 Å². The van der Waals surface area contributed by atoms with Crippen molar-refractivity contribution in [2.45, 2.75) is 0 Å². The second-order valence-electron chi connectivity index (χ2n) is 7.02. The van der Waals surface area contributed by atoms with Crippen LogP contribution in [0, 0.1) is 0 Å². The molecule has 0 aliphatic heterocycles. The molecule has 0 spiro atoms. The molecule has 0 radical (unpaired) electrons. The highest BCUT2D eigenvalue weighted by Gasteiger charge is 2.20. The van der Waals surface area contributed by atoms with E-state index < -0.39 is 17.6 Å². The number of fused-ring (bicyclic) bond motifs is 1. The lowest BCUT2D eigenvalue weighted by atomic mass is 10.1. The molecule has 0 aliphatic carbocycles. The van der Waals surface area contributed by atoms with Gasteiger partial charge in [-0.1, -0.05) is 12.1 Å². The Morgan fingerprint density at radius 3 is 2.42 bits per heavy atom. The van der Waals surface area contributed by atoms with Gasteiger partial charge >= 0.3 is 11.7 Å². The molecule has 156 valence electrons. The predicted molar refractivity (Wildman–Crippen MR) is 115 cm³/mol. The molecule has 31 heavy (non-hydrogen) atoms. The summed E-state index contributed by atoms with van der Waals surface area (Å²) in [5.41, 5.74) is 6.95. The fourth-order valence-electron chi connectivity index (χ4n) is 3.22. The van der Waals surface area contributed by atoms with Crippen LogP contribution in [0.25, 0.3) is 28.2 Å². The lowest BCUT2D eigenvalue weighted by Gasteiger charge is -2.13. The quantitative estimate of drug-likeness (QED) is 0.446. The zero-order valence-electron chi connectivity index (χ0n) is 16.7. The standard InChI is InChI=1S/C21H18N6O4/c1-26(2)13-6-8-14(9-7-13)27-19-16(24-21(27)31)15(17(22)28)23-18(25-19)11-4-3-5-12(10-11)20(29)30/h3-10H,1-2H3,(H2,22,28)(H,24,31)(H,29,30). The number of aromatic carboxylic acids is 1. The number of carboxylic acids is 1. The van der Waals surface area contributed by atoms with Gasteiger partial charge in [0.15, 0.2) is 17.2 Å². The van der Waals surface area contributed by atoms with Gasteiger partial charge < -0.3 is 20.7 Å². The molecule has 0 saturated heterocycles. The minimum Gasteiger partial charge on any atom is -0.478 e. The van der Waals surface area contributed by atoms with Crippen molar-refractivity contribution in [2.24, 2.45) is 5.73 Å². The molecule has 0 fully saturated rings. The molecule has 0 saturated carbocycles. The Labute approximate surface area is 175 Å². The number of aromatic nitrogens is 4. The lowest BCUT2D eigenvalue weighted by molar-refractivity contribution is 0.0696. The van der Waals surface area contributed by atoms with Crippen molar-refractivity contribution in [3.05, 3.63) is 70.3 Å². The first-order chi connectivity index (χ1) is 14.8. The van der Waals surface area contributed by atoms with E-state index in [0.29, 0.717) is 11.3 Å². The van der Waals surface area contributed by atoms with E-state index in [9.17, 15) is 19.5 Å². The summed E-state index contributed by atoms with van der Waals surface area (Å²) >= 11 is 0. The van der Waals surface area contributed by atoms with Crippen molar-refractivity contribution >= 4 is 28.7 Å². The minimum atomic E-state index is -1.11. The molecular weight excluding hydrogens is 400 g/mol. The number of carbonyl (C=O) groups excluding carboxylic acids is 1. The number of carbonyl (C=O) groups is 2. The summed E-state index contributed by atoms with van der Waals surface area (Å²) in [7, 11) is 3.80. The maximum Gasteiger partial charge on any atom is 0.335 e. The zero-order chi connectivity index (χ0) is 22.3. The molecular formula is C21H18N6O4. The Kier molecular flexibility index (Phi) is 4.74. The number of rotatable bonds is 5. The van der Waals surface area contributed by atoms with Crippen LogP contribution in [0.5, 0.6) is 0 Å². The molecule has 0 unspecified atom stereocenters. The Balaban J connectivity index is 1.98. The number of nitrogens with zero attached hydrogens (tertiary/aromatic N) is 4. The molecule has 0 bridgehead atoms. The number of imidazole rings is 1. The largest absolute Gasteiger partial charge is 0.478 e. The maximum atomic E-state index is 12.7. The monoisotopic (exact) mass is 418 g/mol. The minimum absolute atomic E-state index is 0.0348. The average molecular weight is 418 g/mol. The highest BCUT2D eigenvalue weighted by Crippen LogP contribution is 2.23. The fraction of sp³-hybridized carbons (Fsp3) is 0.0952. The van der Waals surface area contributed by atoms with E-state index >= 15 is 0 Å². The van der Waals surface area contributed by atoms with E-state index in [2.05, 4.69) is 15.0 Å². The average Bonchev–Trinajstić information content (AvgIpc) is 3.08. The van der Waals surface area contributed by atoms with Gasteiger partial charge in [-0.25, -0.2) is 24.1 Å². The normalized spacial score (nSPS) is 10.9. The van der Waals surface area contributed by atoms with Crippen LogP contribution in [0.3, 0.4) is 0 Å². The number of H-pyrrole nitrogens is 1. The lowest BCUT2D eigenvalue weighted by Crippen LogP contribution is -2.15. The van der Waals surface area contributed by atoms with Crippen LogP contribution in [-0.2, 0) is 0 Å². The zero-order valence-corrected chi connectivity index (χ0v) is 16.7. The summed E-state index contributed by atoms with van der Waals surface area (Å²) in [6.45, 7) is 0. The van der Waals surface area contributed by atoms with Crippen molar-refractivity contribution in [2.75, 3.05) is 19.0 Å². The number of primary amides is 1. The number of anilines is 1. The van der Waals surface area contributed by atoms with Gasteiger partial charge in [0.05, 0.1) is 11.3 Å². The molecule has 4 N–H and O–H groups in total. The summed E-state index contributed by atoms with van der Waals surface area (Å²) in [6, 6.07) is 13.1. The Morgan fingerprint density at radius 1 is 1.10 bits per heavy atom. The molecule has 2 aromatic heterocycles. The van der Waals surface area contributed by atoms with Gasteiger partial charge in [0.1, 0.15) is 5.52 Å². The van der Waals surface area contributed by atoms with Crippen LogP contribution in [0.1, 0.15) is 20.8 Å². The van der Waals surface area contributed by atoms with Gasteiger partial charge in [0.25, 0.3) is 5.91 Å². The van der Waals surface area contributed by atoms with Crippen LogP contribution in [-0.4, -0.2) is 50.6 Å². The van der Waals surface area contributed by atoms with Gasteiger partial charge in [-0.2, -0.15) is 0 Å². The van der Waals surface area contributed by atoms with E-state index in [-0.39, 0.29) is 28.2 Å². The van der Waals surface area contributed by atoms with Crippen LogP contribution < -0.4 is 16.3 Å². The number of benzene rings is 2. The Bertz CT molecular complexity index is 1390. The Morgan fingerprint density at radius 2 is 1.81 bits per heavy atom. The fourth-order valence-corrected chi connectivity index (χ4v) is 3.22. The molecule has 1 amide bonds. The Hall–Kier alpha value is -4.47. The number of nitrogens with one attached hydrogen (secondary N) is 1. The summed E-state index contributed by atoms with van der Waals surface area (Å²) in [4.78, 5) is 49.3. The second-order valence-corrected chi connectivity index (χ2v) is 7.02. The van der Waals surface area contributed by atoms with E-state index in [0.717, 1.165) is 5.69 Å². The molecule has 2 aromatic carbocycles. The number of amides is 1. The second kappa shape index (κ2) is 7.41. The van der Waals surface area contributed by atoms with Crippen molar-refractivity contribution in [1.82, 2.24) is 19.5 Å². The first-order valence-electron chi connectivity index (χ1n) is 9.20. The van der Waals surface area contributed by atoms with Gasteiger partial charge in [-0.05, 0) is 36.4 Å². The van der Waals surface area contributed by atoms with Crippen molar-refractivity contribution in [3.63, 3.8) is 0 Å². The van der Waals surface area contributed by atoms with Crippen LogP contribution in [0.15, 0.2) is 53.3 Å². The SMILES string of the molecule is CN(C)c1ccc(-n2c(=O)[nH]c3c(C(N)=O)nc(-c4cccc(C(=O)O)c4)nc32)cc1. The van der Waals surface area contributed by atoms with E-state index in [1.807, 2.05) is 31.1 Å². The van der Waals surface area contributed by atoms with Gasteiger partial charge in [0, 0.05) is 25.3 Å². The van der Waals surface area contributed by atoms with Crippen LogP contribution in [0.4, 0.5) is 5.69 Å². The third kappa shape index (κ3) is 3.50. The maximum absolute atomic E-state index is 12.7. The number of aromatic amines is 1.